The molecule has 1 saturated carbocycles. The molecule has 1 N–H and O–H groups in total. The van der Waals surface area contributed by atoms with Crippen LogP contribution in [-0.4, -0.2) is 44.7 Å². The average molecular weight is 464 g/mol. The number of thiazole rings is 2. The van der Waals surface area contributed by atoms with Gasteiger partial charge in [0.05, 0.1) is 9.93 Å². The van der Waals surface area contributed by atoms with Gasteiger partial charge < -0.3 is 4.90 Å². The van der Waals surface area contributed by atoms with Crippen LogP contribution in [-0.2, 0) is 4.79 Å². The van der Waals surface area contributed by atoms with Crippen molar-refractivity contribution in [3.8, 4) is 0 Å². The zero-order valence-corrected chi connectivity index (χ0v) is 19.5. The fourth-order valence-electron chi connectivity index (χ4n) is 4.49. The third kappa shape index (κ3) is 3.84. The first-order chi connectivity index (χ1) is 14.5. The van der Waals surface area contributed by atoms with Crippen molar-refractivity contribution in [2.45, 2.75) is 46.5 Å². The third-order valence-corrected chi connectivity index (χ3v) is 8.94. The van der Waals surface area contributed by atoms with Gasteiger partial charge in [-0.2, -0.15) is 0 Å². The van der Waals surface area contributed by atoms with Gasteiger partial charge in [-0.1, -0.05) is 27.7 Å². The Balaban J connectivity index is 1.33. The van der Waals surface area contributed by atoms with Crippen LogP contribution in [0, 0.1) is 26.9 Å². The minimum Gasteiger partial charge on any atom is -0.342 e. The van der Waals surface area contributed by atoms with Gasteiger partial charge in [0.1, 0.15) is 11.9 Å². The fraction of sp³-hybridized carbons (Fsp3) is 0.600. The summed E-state index contributed by atoms with van der Waals surface area (Å²) in [7, 11) is 0. The molecule has 2 amide bonds. The first kappa shape index (κ1) is 21.8. The largest absolute Gasteiger partial charge is 0.345 e. The van der Waals surface area contributed by atoms with Crippen molar-refractivity contribution in [1.29, 1.82) is 0 Å². The Hall–Kier alpha value is -2.40. The molecule has 3 heterocycles. The summed E-state index contributed by atoms with van der Waals surface area (Å²) >= 11 is 2.24. The summed E-state index contributed by atoms with van der Waals surface area (Å²) < 4.78 is 0. The van der Waals surface area contributed by atoms with Crippen molar-refractivity contribution < 1.29 is 14.5 Å². The molecule has 9 nitrogen and oxygen atoms in total. The summed E-state index contributed by atoms with van der Waals surface area (Å²) in [6.45, 7) is 10.1. The van der Waals surface area contributed by atoms with E-state index in [2.05, 4.69) is 43.0 Å². The van der Waals surface area contributed by atoms with Crippen molar-refractivity contribution in [2.75, 3.05) is 18.4 Å². The molecular formula is C20H25N5O4S2. The van der Waals surface area contributed by atoms with Gasteiger partial charge in [-0.15, -0.1) is 11.3 Å². The quantitative estimate of drug-likeness (QED) is 0.526. The van der Waals surface area contributed by atoms with Gasteiger partial charge in [0.2, 0.25) is 5.91 Å². The van der Waals surface area contributed by atoms with Crippen LogP contribution in [0.2, 0.25) is 0 Å². The highest BCUT2D eigenvalue weighted by atomic mass is 32.1. The van der Waals surface area contributed by atoms with Crippen molar-refractivity contribution in [3.05, 3.63) is 32.4 Å². The van der Waals surface area contributed by atoms with E-state index in [1.54, 1.807) is 5.38 Å². The van der Waals surface area contributed by atoms with Crippen LogP contribution in [0.4, 0.5) is 10.1 Å². The number of hydrogen-bond donors (Lipinski definition) is 1. The van der Waals surface area contributed by atoms with E-state index in [1.807, 2.05) is 4.90 Å². The van der Waals surface area contributed by atoms with Crippen LogP contribution in [0.3, 0.4) is 0 Å². The van der Waals surface area contributed by atoms with Crippen LogP contribution in [0.5, 0.6) is 0 Å². The maximum Gasteiger partial charge on any atom is 0.345 e. The first-order valence-electron chi connectivity index (χ1n) is 10.2. The summed E-state index contributed by atoms with van der Waals surface area (Å²) in [5.41, 5.74) is 0.352. The zero-order chi connectivity index (χ0) is 22.6. The second kappa shape index (κ2) is 7.63. The van der Waals surface area contributed by atoms with Gasteiger partial charge in [0.15, 0.2) is 5.13 Å². The molecule has 2 aromatic rings. The smallest absolute Gasteiger partial charge is 0.342 e. The number of aromatic nitrogens is 2. The minimum absolute atomic E-state index is 0.0380. The molecule has 4 rings (SSSR count). The Morgan fingerprint density at radius 2 is 1.87 bits per heavy atom. The molecule has 0 unspecified atom stereocenters. The molecule has 0 atom stereocenters. The predicted molar refractivity (Wildman–Crippen MR) is 118 cm³/mol. The molecule has 0 spiro atoms. The monoisotopic (exact) mass is 463 g/mol. The first-order valence-corrected chi connectivity index (χ1v) is 11.9. The molecule has 2 fully saturated rings. The molecule has 2 aliphatic rings. The second-order valence-electron chi connectivity index (χ2n) is 9.26. The van der Waals surface area contributed by atoms with Gasteiger partial charge in [0.25, 0.3) is 5.91 Å². The molecule has 0 bridgehead atoms. The topological polar surface area (TPSA) is 118 Å². The highest BCUT2D eigenvalue weighted by molar-refractivity contribution is 7.18. The van der Waals surface area contributed by atoms with Crippen molar-refractivity contribution in [1.82, 2.24) is 14.9 Å². The number of anilines is 1. The van der Waals surface area contributed by atoms with Crippen LogP contribution < -0.4 is 5.32 Å². The van der Waals surface area contributed by atoms with E-state index in [9.17, 15) is 19.7 Å². The molecule has 2 aromatic heterocycles. The standard InChI is InChI=1S/C20H25N5O4S2/c1-19(2)14(20(19,3)4)17(27)24-7-5-11(6-8-24)16-22-12(10-30-16)15(26)23-18-21-9-13(31-18)25(28)29/h9-11,14H,5-8H2,1-4H3,(H,21,23,26). The summed E-state index contributed by atoms with van der Waals surface area (Å²) in [6, 6.07) is 0. The summed E-state index contributed by atoms with van der Waals surface area (Å²) in [6.07, 6.45) is 2.77. The van der Waals surface area contributed by atoms with Gasteiger partial charge in [-0.25, -0.2) is 9.97 Å². The van der Waals surface area contributed by atoms with Crippen LogP contribution in [0.25, 0.3) is 0 Å². The Labute approximate surface area is 188 Å². The summed E-state index contributed by atoms with van der Waals surface area (Å²) in [5.74, 6) is 0.118. The van der Waals surface area contributed by atoms with E-state index >= 15 is 0 Å². The van der Waals surface area contributed by atoms with E-state index in [-0.39, 0.29) is 44.4 Å². The molecule has 166 valence electrons. The Morgan fingerprint density at radius 1 is 1.23 bits per heavy atom. The van der Waals surface area contributed by atoms with Gasteiger partial charge >= 0.3 is 5.00 Å². The molecule has 0 radical (unpaired) electrons. The second-order valence-corrected chi connectivity index (χ2v) is 11.2. The highest BCUT2D eigenvalue weighted by Gasteiger charge is 2.68. The number of hydrogen-bond acceptors (Lipinski definition) is 8. The van der Waals surface area contributed by atoms with Crippen LogP contribution >= 0.6 is 22.7 Å². The maximum atomic E-state index is 13.0. The van der Waals surface area contributed by atoms with Crippen molar-refractivity contribution in [2.24, 2.45) is 16.7 Å². The Morgan fingerprint density at radius 3 is 2.42 bits per heavy atom. The number of nitro groups is 1. The summed E-state index contributed by atoms with van der Waals surface area (Å²) in [5, 5.41) is 15.9. The molecule has 1 aliphatic carbocycles. The molecule has 11 heteroatoms. The van der Waals surface area contributed by atoms with Crippen molar-refractivity contribution >= 4 is 44.6 Å². The number of rotatable bonds is 5. The van der Waals surface area contributed by atoms with Crippen molar-refractivity contribution in [3.63, 3.8) is 0 Å². The average Bonchev–Trinajstić information content (AvgIpc) is 3.21. The Kier molecular flexibility index (Phi) is 5.37. The SMILES string of the molecule is CC1(C)C(C(=O)N2CCC(c3nc(C(=O)Nc4ncc([N+](=O)[O-])s4)cs3)CC2)C1(C)C. The molecular weight excluding hydrogens is 438 g/mol. The number of carbonyl (C=O) groups is 2. The fourth-order valence-corrected chi connectivity index (χ4v) is 6.09. The van der Waals surface area contributed by atoms with E-state index < -0.39 is 10.8 Å². The van der Waals surface area contributed by atoms with Crippen LogP contribution in [0.1, 0.15) is 62.0 Å². The van der Waals surface area contributed by atoms with Crippen LogP contribution in [0.15, 0.2) is 11.6 Å². The number of piperidine rings is 1. The van der Waals surface area contributed by atoms with E-state index in [4.69, 9.17) is 0 Å². The normalized spacial score (nSPS) is 20.5. The predicted octanol–water partition coefficient (Wildman–Crippen LogP) is 4.15. The number of likely N-dealkylation sites (tertiary alicyclic amines) is 1. The maximum absolute atomic E-state index is 13.0. The van der Waals surface area contributed by atoms with E-state index in [0.717, 1.165) is 35.4 Å². The lowest BCUT2D eigenvalue weighted by molar-refractivity contribution is -0.380. The lowest BCUT2D eigenvalue weighted by Gasteiger charge is -2.31. The highest BCUT2D eigenvalue weighted by Crippen LogP contribution is 2.68. The van der Waals surface area contributed by atoms with Gasteiger partial charge in [-0.3, -0.25) is 25.0 Å². The molecule has 1 saturated heterocycles. The Bertz CT molecular complexity index is 1020. The zero-order valence-electron chi connectivity index (χ0n) is 17.9. The lowest BCUT2D eigenvalue weighted by atomic mass is 9.96. The molecule has 31 heavy (non-hydrogen) atoms. The van der Waals surface area contributed by atoms with E-state index in [1.165, 1.54) is 11.3 Å². The molecule has 1 aliphatic heterocycles. The number of carbonyl (C=O) groups excluding carboxylic acids is 2. The van der Waals surface area contributed by atoms with E-state index in [0.29, 0.717) is 13.1 Å². The van der Waals surface area contributed by atoms with Gasteiger partial charge in [0, 0.05) is 30.3 Å². The number of amides is 2. The minimum atomic E-state index is -0.545. The number of nitrogens with one attached hydrogen (secondary N) is 1. The molecule has 0 aromatic carbocycles. The summed E-state index contributed by atoms with van der Waals surface area (Å²) in [4.78, 5) is 45.9. The number of nitrogens with zero attached hydrogens (tertiary/aromatic N) is 4. The lowest BCUT2D eigenvalue weighted by Crippen LogP contribution is -2.39. The van der Waals surface area contributed by atoms with Gasteiger partial charge in [-0.05, 0) is 35.0 Å². The third-order valence-electron chi connectivity index (χ3n) is 7.07.